The van der Waals surface area contributed by atoms with Crippen LogP contribution in [0, 0.1) is 5.82 Å². The quantitative estimate of drug-likeness (QED) is 0.764. The molecule has 132 valence electrons. The molecule has 3 rings (SSSR count). The molecule has 0 aliphatic carbocycles. The fourth-order valence-corrected chi connectivity index (χ4v) is 4.91. The highest BCUT2D eigenvalue weighted by atomic mass is 35.5. The Hall–Kier alpha value is -1.92. The lowest BCUT2D eigenvalue weighted by Crippen LogP contribution is -2.42. The van der Waals surface area contributed by atoms with Crippen LogP contribution in [0.25, 0.3) is 0 Å². The summed E-state index contributed by atoms with van der Waals surface area (Å²) in [5, 5.41) is -0.0824. The van der Waals surface area contributed by atoms with Gasteiger partial charge < -0.3 is 4.90 Å². The van der Waals surface area contributed by atoms with Crippen molar-refractivity contribution in [1.82, 2.24) is 4.90 Å². The zero-order valence-corrected chi connectivity index (χ0v) is 14.9. The SMILES string of the molecule is O=C(c1cccc(Cl)c1)N1CCC(S(=O)(=O)c2ccc(F)cc2)CC1. The largest absolute Gasteiger partial charge is 0.339 e. The average molecular weight is 382 g/mol. The van der Waals surface area contributed by atoms with Crippen molar-refractivity contribution < 1.29 is 17.6 Å². The minimum Gasteiger partial charge on any atom is -0.339 e. The molecule has 1 aliphatic heterocycles. The van der Waals surface area contributed by atoms with E-state index < -0.39 is 20.9 Å². The molecule has 2 aromatic carbocycles. The van der Waals surface area contributed by atoms with Crippen molar-refractivity contribution in [1.29, 1.82) is 0 Å². The number of hydrogen-bond acceptors (Lipinski definition) is 3. The van der Waals surface area contributed by atoms with E-state index in [1.54, 1.807) is 29.2 Å². The molecule has 1 saturated heterocycles. The molecule has 0 saturated carbocycles. The van der Waals surface area contributed by atoms with Gasteiger partial charge in [0, 0.05) is 23.7 Å². The number of sulfone groups is 1. The van der Waals surface area contributed by atoms with E-state index in [4.69, 9.17) is 11.6 Å². The van der Waals surface area contributed by atoms with Gasteiger partial charge in [-0.15, -0.1) is 0 Å². The van der Waals surface area contributed by atoms with Crippen molar-refractivity contribution in [3.05, 3.63) is 64.9 Å². The lowest BCUT2D eigenvalue weighted by atomic mass is 10.1. The van der Waals surface area contributed by atoms with Gasteiger partial charge >= 0.3 is 0 Å². The number of rotatable bonds is 3. The van der Waals surface area contributed by atoms with Crippen LogP contribution in [0.1, 0.15) is 23.2 Å². The summed E-state index contributed by atoms with van der Waals surface area (Å²) in [7, 11) is -3.53. The molecule has 0 aromatic heterocycles. The van der Waals surface area contributed by atoms with Crippen LogP contribution < -0.4 is 0 Å². The molecule has 0 N–H and O–H groups in total. The predicted octanol–water partition coefficient (Wildman–Crippen LogP) is 3.56. The monoisotopic (exact) mass is 381 g/mol. The standard InChI is InChI=1S/C18H17ClFNO3S/c19-14-3-1-2-13(12-14)18(22)21-10-8-17(9-11-21)25(23,24)16-6-4-15(20)5-7-16/h1-7,12,17H,8-11H2. The zero-order chi connectivity index (χ0) is 18.0. The van der Waals surface area contributed by atoms with Gasteiger partial charge in [-0.2, -0.15) is 0 Å². The van der Waals surface area contributed by atoms with E-state index in [9.17, 15) is 17.6 Å². The van der Waals surface area contributed by atoms with Gasteiger partial charge in [0.2, 0.25) is 0 Å². The highest BCUT2D eigenvalue weighted by Crippen LogP contribution is 2.26. The molecule has 0 bridgehead atoms. The number of amides is 1. The van der Waals surface area contributed by atoms with Crippen molar-refractivity contribution >= 4 is 27.3 Å². The van der Waals surface area contributed by atoms with Crippen LogP contribution in [0.5, 0.6) is 0 Å². The third kappa shape index (κ3) is 3.85. The Kier molecular flexibility index (Phi) is 5.11. The molecule has 7 heteroatoms. The van der Waals surface area contributed by atoms with Crippen LogP contribution in [-0.4, -0.2) is 37.6 Å². The smallest absolute Gasteiger partial charge is 0.253 e. The predicted molar refractivity (Wildman–Crippen MR) is 94.0 cm³/mol. The number of carbonyl (C=O) groups is 1. The topological polar surface area (TPSA) is 54.5 Å². The van der Waals surface area contributed by atoms with Crippen LogP contribution in [0.15, 0.2) is 53.4 Å². The van der Waals surface area contributed by atoms with E-state index in [-0.39, 0.29) is 10.8 Å². The summed E-state index contributed by atoms with van der Waals surface area (Å²) in [5.74, 6) is -0.624. The summed E-state index contributed by atoms with van der Waals surface area (Å²) in [4.78, 5) is 14.3. The van der Waals surface area contributed by atoms with Gasteiger partial charge in [-0.25, -0.2) is 12.8 Å². The second-order valence-electron chi connectivity index (χ2n) is 6.00. The molecule has 1 amide bonds. The van der Waals surface area contributed by atoms with Crippen LogP contribution >= 0.6 is 11.6 Å². The first-order valence-corrected chi connectivity index (χ1v) is 9.84. The van der Waals surface area contributed by atoms with Gasteiger partial charge in [-0.1, -0.05) is 17.7 Å². The molecule has 1 fully saturated rings. The van der Waals surface area contributed by atoms with Crippen LogP contribution in [-0.2, 0) is 9.84 Å². The molecule has 0 spiro atoms. The molecule has 0 atom stereocenters. The van der Waals surface area contributed by atoms with Gasteiger partial charge in [-0.3, -0.25) is 4.79 Å². The highest BCUT2D eigenvalue weighted by Gasteiger charge is 2.33. The summed E-state index contributed by atoms with van der Waals surface area (Å²) < 4.78 is 38.3. The first kappa shape index (κ1) is 17.9. The Morgan fingerprint density at radius 3 is 2.32 bits per heavy atom. The Morgan fingerprint density at radius 2 is 1.72 bits per heavy atom. The maximum Gasteiger partial charge on any atom is 0.253 e. The second-order valence-corrected chi connectivity index (χ2v) is 8.67. The highest BCUT2D eigenvalue weighted by molar-refractivity contribution is 7.92. The van der Waals surface area contributed by atoms with E-state index in [0.717, 1.165) is 12.1 Å². The third-order valence-electron chi connectivity index (χ3n) is 4.38. The first-order chi connectivity index (χ1) is 11.9. The van der Waals surface area contributed by atoms with Gasteiger partial charge in [0.15, 0.2) is 9.84 Å². The molecule has 1 heterocycles. The number of carbonyl (C=O) groups excluding carboxylic acids is 1. The molecule has 0 unspecified atom stereocenters. The number of likely N-dealkylation sites (tertiary alicyclic amines) is 1. The lowest BCUT2D eigenvalue weighted by Gasteiger charge is -2.31. The number of nitrogens with zero attached hydrogens (tertiary/aromatic N) is 1. The Morgan fingerprint density at radius 1 is 1.08 bits per heavy atom. The normalized spacial score (nSPS) is 16.0. The fraction of sp³-hybridized carbons (Fsp3) is 0.278. The molecular weight excluding hydrogens is 365 g/mol. The molecule has 2 aromatic rings. The molecule has 25 heavy (non-hydrogen) atoms. The van der Waals surface area contributed by atoms with Crippen LogP contribution in [0.3, 0.4) is 0 Å². The fourth-order valence-electron chi connectivity index (χ4n) is 2.99. The van der Waals surface area contributed by atoms with Crippen molar-refractivity contribution in [2.75, 3.05) is 13.1 Å². The molecular formula is C18H17ClFNO3S. The summed E-state index contributed by atoms with van der Waals surface area (Å²) in [5.41, 5.74) is 0.493. The third-order valence-corrected chi connectivity index (χ3v) is 6.90. The number of benzene rings is 2. The number of piperidine rings is 1. The van der Waals surface area contributed by atoms with Crippen molar-refractivity contribution in [3.63, 3.8) is 0 Å². The minimum absolute atomic E-state index is 0.119. The van der Waals surface area contributed by atoms with E-state index >= 15 is 0 Å². The van der Waals surface area contributed by atoms with Gasteiger partial charge in [0.25, 0.3) is 5.91 Å². The van der Waals surface area contributed by atoms with Gasteiger partial charge in [-0.05, 0) is 55.3 Å². The van der Waals surface area contributed by atoms with E-state index in [1.165, 1.54) is 12.1 Å². The first-order valence-electron chi connectivity index (χ1n) is 7.92. The van der Waals surface area contributed by atoms with E-state index in [1.807, 2.05) is 0 Å². The maximum absolute atomic E-state index is 13.0. The van der Waals surface area contributed by atoms with Crippen LogP contribution in [0.4, 0.5) is 4.39 Å². The van der Waals surface area contributed by atoms with Gasteiger partial charge in [0.05, 0.1) is 10.1 Å². The van der Waals surface area contributed by atoms with Crippen molar-refractivity contribution in [3.8, 4) is 0 Å². The van der Waals surface area contributed by atoms with Gasteiger partial charge in [0.1, 0.15) is 5.82 Å². The van der Waals surface area contributed by atoms with E-state index in [2.05, 4.69) is 0 Å². The van der Waals surface area contributed by atoms with Crippen molar-refractivity contribution in [2.45, 2.75) is 23.0 Å². The van der Waals surface area contributed by atoms with Crippen molar-refractivity contribution in [2.24, 2.45) is 0 Å². The Balaban J connectivity index is 1.69. The molecule has 0 radical (unpaired) electrons. The molecule has 4 nitrogen and oxygen atoms in total. The second kappa shape index (κ2) is 7.14. The summed E-state index contributed by atoms with van der Waals surface area (Å²) >= 11 is 5.91. The summed E-state index contributed by atoms with van der Waals surface area (Å²) in [6.07, 6.45) is 0.706. The lowest BCUT2D eigenvalue weighted by molar-refractivity contribution is 0.0725. The molecule has 1 aliphatic rings. The Labute approximate surface area is 151 Å². The summed E-state index contributed by atoms with van der Waals surface area (Å²) in [6, 6.07) is 11.6. The summed E-state index contributed by atoms with van der Waals surface area (Å²) in [6.45, 7) is 0.715. The van der Waals surface area contributed by atoms with E-state index in [0.29, 0.717) is 36.5 Å². The average Bonchev–Trinajstić information content (AvgIpc) is 2.61. The maximum atomic E-state index is 13.0. The number of halogens is 2. The zero-order valence-electron chi connectivity index (χ0n) is 13.4. The number of hydrogen-bond donors (Lipinski definition) is 0. The Bertz CT molecular complexity index is 875. The minimum atomic E-state index is -3.53. The van der Waals surface area contributed by atoms with Crippen LogP contribution in [0.2, 0.25) is 5.02 Å².